The number of hydrogen-bond donors (Lipinski definition) is 1. The Morgan fingerprint density at radius 1 is 1.00 bits per heavy atom. The Labute approximate surface area is 146 Å². The monoisotopic (exact) mass is 329 g/mol. The Balaban J connectivity index is 1.56. The second kappa shape index (κ2) is 5.39. The molecule has 5 rings (SSSR count). The van der Waals surface area contributed by atoms with Gasteiger partial charge in [-0.1, -0.05) is 26.0 Å². The first kappa shape index (κ1) is 16.3. The van der Waals surface area contributed by atoms with E-state index in [-0.39, 0.29) is 0 Å². The summed E-state index contributed by atoms with van der Waals surface area (Å²) in [5, 5.41) is 3.98. The molecular weight excluding hydrogens is 298 g/mol. The topological polar surface area (TPSA) is 30.5 Å². The molecule has 0 amide bonds. The van der Waals surface area contributed by atoms with Crippen molar-refractivity contribution in [2.45, 2.75) is 64.5 Å². The Bertz CT molecular complexity index is 623. The number of methoxy groups -OCH3 is 2. The number of nitrogens with one attached hydrogen (secondary N) is 1. The summed E-state index contributed by atoms with van der Waals surface area (Å²) in [7, 11) is 3.43. The van der Waals surface area contributed by atoms with E-state index in [0.29, 0.717) is 16.4 Å². The van der Waals surface area contributed by atoms with Crippen molar-refractivity contribution in [3.8, 4) is 11.5 Å². The fourth-order valence-electron chi connectivity index (χ4n) is 7.02. The van der Waals surface area contributed by atoms with Crippen LogP contribution in [0.5, 0.6) is 11.5 Å². The summed E-state index contributed by atoms with van der Waals surface area (Å²) in [6.45, 7) is 5.91. The summed E-state index contributed by atoms with van der Waals surface area (Å²) in [6, 6.07) is 6.17. The van der Waals surface area contributed by atoms with Crippen LogP contribution in [-0.2, 0) is 6.54 Å². The van der Waals surface area contributed by atoms with Gasteiger partial charge in [0.05, 0.1) is 14.2 Å². The zero-order valence-electron chi connectivity index (χ0n) is 15.6. The Hall–Kier alpha value is -1.22. The summed E-state index contributed by atoms with van der Waals surface area (Å²) in [5.74, 6) is 2.60. The van der Waals surface area contributed by atoms with Crippen LogP contribution in [0, 0.1) is 16.7 Å². The maximum Gasteiger partial charge on any atom is 0.165 e. The molecule has 2 unspecified atom stereocenters. The second-order valence-electron chi connectivity index (χ2n) is 9.42. The third-order valence-corrected chi connectivity index (χ3v) is 6.76. The highest BCUT2D eigenvalue weighted by molar-refractivity contribution is 5.46. The van der Waals surface area contributed by atoms with Gasteiger partial charge in [-0.3, -0.25) is 0 Å². The van der Waals surface area contributed by atoms with E-state index in [1.165, 1.54) is 44.1 Å². The minimum absolute atomic E-state index is 0.316. The number of rotatable bonds is 5. The van der Waals surface area contributed by atoms with Crippen molar-refractivity contribution in [1.29, 1.82) is 0 Å². The van der Waals surface area contributed by atoms with E-state index in [1.54, 1.807) is 14.2 Å². The molecule has 1 aromatic rings. The molecule has 1 aromatic carbocycles. The predicted molar refractivity (Wildman–Crippen MR) is 96.5 cm³/mol. The quantitative estimate of drug-likeness (QED) is 0.860. The van der Waals surface area contributed by atoms with E-state index in [4.69, 9.17) is 9.47 Å². The van der Waals surface area contributed by atoms with Crippen molar-refractivity contribution in [2.75, 3.05) is 14.2 Å². The number of benzene rings is 1. The Kier molecular flexibility index (Phi) is 3.65. The van der Waals surface area contributed by atoms with E-state index in [1.807, 2.05) is 6.07 Å². The van der Waals surface area contributed by atoms with Gasteiger partial charge < -0.3 is 14.8 Å². The SMILES string of the molecule is COc1cccc(CNC23CC4C[C@@](C)(C2)C[C@](C)(C4)C3)c1OC. The number of para-hydroxylation sites is 1. The van der Waals surface area contributed by atoms with Crippen molar-refractivity contribution < 1.29 is 9.47 Å². The van der Waals surface area contributed by atoms with Crippen LogP contribution in [0.1, 0.15) is 57.9 Å². The lowest BCUT2D eigenvalue weighted by Crippen LogP contribution is -2.63. The van der Waals surface area contributed by atoms with Crippen LogP contribution < -0.4 is 14.8 Å². The summed E-state index contributed by atoms with van der Waals surface area (Å²) < 4.78 is 11.1. The second-order valence-corrected chi connectivity index (χ2v) is 9.42. The largest absolute Gasteiger partial charge is 0.493 e. The van der Waals surface area contributed by atoms with Crippen LogP contribution >= 0.6 is 0 Å². The lowest BCUT2D eigenvalue weighted by molar-refractivity contribution is -0.118. The fourth-order valence-corrected chi connectivity index (χ4v) is 7.02. The van der Waals surface area contributed by atoms with Crippen molar-refractivity contribution in [2.24, 2.45) is 16.7 Å². The van der Waals surface area contributed by atoms with Crippen LogP contribution in [0.3, 0.4) is 0 Å². The molecule has 1 N–H and O–H groups in total. The first-order valence-electron chi connectivity index (χ1n) is 9.33. The molecule has 0 radical (unpaired) electrons. The van der Waals surface area contributed by atoms with E-state index in [0.717, 1.165) is 24.0 Å². The summed E-state index contributed by atoms with van der Waals surface area (Å²) in [4.78, 5) is 0. The first-order chi connectivity index (χ1) is 11.4. The smallest absolute Gasteiger partial charge is 0.165 e. The minimum Gasteiger partial charge on any atom is -0.493 e. The van der Waals surface area contributed by atoms with Crippen molar-refractivity contribution in [1.82, 2.24) is 5.32 Å². The van der Waals surface area contributed by atoms with Crippen LogP contribution in [0.15, 0.2) is 18.2 Å². The van der Waals surface area contributed by atoms with Gasteiger partial charge in [-0.2, -0.15) is 0 Å². The zero-order valence-corrected chi connectivity index (χ0v) is 15.6. The van der Waals surface area contributed by atoms with E-state index < -0.39 is 0 Å². The molecule has 3 heteroatoms. The molecule has 4 saturated carbocycles. The van der Waals surface area contributed by atoms with Gasteiger partial charge in [-0.25, -0.2) is 0 Å². The van der Waals surface area contributed by atoms with Gasteiger partial charge >= 0.3 is 0 Å². The molecule has 4 aliphatic carbocycles. The van der Waals surface area contributed by atoms with Crippen LogP contribution in [0.2, 0.25) is 0 Å². The molecule has 0 spiro atoms. The molecule has 4 atom stereocenters. The number of ether oxygens (including phenoxy) is 2. The fraction of sp³-hybridized carbons (Fsp3) is 0.714. The van der Waals surface area contributed by atoms with Gasteiger partial charge in [0.15, 0.2) is 11.5 Å². The highest BCUT2D eigenvalue weighted by atomic mass is 16.5. The van der Waals surface area contributed by atoms with Crippen molar-refractivity contribution in [3.05, 3.63) is 23.8 Å². The average Bonchev–Trinajstić information content (AvgIpc) is 2.49. The molecule has 3 nitrogen and oxygen atoms in total. The number of hydrogen-bond acceptors (Lipinski definition) is 3. The molecule has 24 heavy (non-hydrogen) atoms. The van der Waals surface area contributed by atoms with E-state index >= 15 is 0 Å². The third-order valence-electron chi connectivity index (χ3n) is 6.76. The Morgan fingerprint density at radius 2 is 1.71 bits per heavy atom. The molecule has 0 aliphatic heterocycles. The van der Waals surface area contributed by atoms with E-state index in [2.05, 4.69) is 31.3 Å². The summed E-state index contributed by atoms with van der Waals surface area (Å²) in [5.41, 5.74) is 2.60. The van der Waals surface area contributed by atoms with Gasteiger partial charge in [-0.15, -0.1) is 0 Å². The lowest BCUT2D eigenvalue weighted by atomic mass is 9.43. The van der Waals surface area contributed by atoms with Crippen LogP contribution in [0.4, 0.5) is 0 Å². The van der Waals surface area contributed by atoms with Gasteiger partial charge in [0.25, 0.3) is 0 Å². The van der Waals surface area contributed by atoms with Crippen molar-refractivity contribution in [3.63, 3.8) is 0 Å². The minimum atomic E-state index is 0.316. The van der Waals surface area contributed by atoms with Gasteiger partial charge in [0.1, 0.15) is 0 Å². The molecule has 0 heterocycles. The summed E-state index contributed by atoms with van der Waals surface area (Å²) in [6.07, 6.45) is 8.31. The molecule has 132 valence electrons. The molecule has 4 aliphatic rings. The average molecular weight is 329 g/mol. The molecule has 0 aromatic heterocycles. The first-order valence-corrected chi connectivity index (χ1v) is 9.33. The molecular formula is C21H31NO2. The maximum atomic E-state index is 5.61. The van der Waals surface area contributed by atoms with Crippen molar-refractivity contribution >= 4 is 0 Å². The predicted octanol–water partition coefficient (Wildman–Crippen LogP) is 4.54. The molecule has 4 fully saturated rings. The highest BCUT2D eigenvalue weighted by Crippen LogP contribution is 2.66. The van der Waals surface area contributed by atoms with Crippen LogP contribution in [-0.4, -0.2) is 19.8 Å². The summed E-state index contributed by atoms with van der Waals surface area (Å²) >= 11 is 0. The highest BCUT2D eigenvalue weighted by Gasteiger charge is 2.59. The van der Waals surface area contributed by atoms with E-state index in [9.17, 15) is 0 Å². The molecule has 0 saturated heterocycles. The molecule has 4 bridgehead atoms. The lowest BCUT2D eigenvalue weighted by Gasteiger charge is -2.65. The normalized spacial score (nSPS) is 39.9. The standard InChI is InChI=1S/C21H31NO2/c1-19-8-15-9-20(2,12-19)14-21(10-15,13-19)22-11-16-6-5-7-17(23-3)18(16)24-4/h5-7,15,22H,8-14H2,1-4H3/t15?,19-,20+,21?. The third kappa shape index (κ3) is 2.61. The van der Waals surface area contributed by atoms with Gasteiger partial charge in [0.2, 0.25) is 0 Å². The Morgan fingerprint density at radius 3 is 2.29 bits per heavy atom. The van der Waals surface area contributed by atoms with Gasteiger partial charge in [-0.05, 0) is 61.3 Å². The van der Waals surface area contributed by atoms with Crippen LogP contribution in [0.25, 0.3) is 0 Å². The van der Waals surface area contributed by atoms with Gasteiger partial charge in [0, 0.05) is 17.6 Å². The maximum absolute atomic E-state index is 5.61. The zero-order chi connectivity index (χ0) is 17.0.